The molecule has 2 aromatic heterocycles. The molecule has 0 aromatic carbocycles. The van der Waals surface area contributed by atoms with E-state index in [0.29, 0.717) is 11.4 Å². The molecule has 1 fully saturated rings. The van der Waals surface area contributed by atoms with Gasteiger partial charge in [-0.2, -0.15) is 0 Å². The highest BCUT2D eigenvalue weighted by molar-refractivity contribution is 7.16. The zero-order valence-electron chi connectivity index (χ0n) is 9.40. The molecule has 5 heteroatoms. The molecule has 0 unspecified atom stereocenters. The highest BCUT2D eigenvalue weighted by Crippen LogP contribution is 2.28. The first-order valence-corrected chi connectivity index (χ1v) is 7.23. The molecule has 1 aliphatic carbocycles. The molecule has 17 heavy (non-hydrogen) atoms. The fourth-order valence-corrected chi connectivity index (χ4v) is 3.28. The topological polar surface area (TPSA) is 37.8 Å². The van der Waals surface area contributed by atoms with Gasteiger partial charge in [0.2, 0.25) is 0 Å². The molecule has 0 radical (unpaired) electrons. The highest BCUT2D eigenvalue weighted by atomic mass is 35.5. The van der Waals surface area contributed by atoms with Gasteiger partial charge in [-0.1, -0.05) is 0 Å². The quantitative estimate of drug-likeness (QED) is 0.844. The van der Waals surface area contributed by atoms with Crippen LogP contribution in [0, 0.1) is 0 Å². The summed E-state index contributed by atoms with van der Waals surface area (Å²) in [5.41, 5.74) is 0. The predicted octanol–water partition coefficient (Wildman–Crippen LogP) is 3.65. The van der Waals surface area contributed by atoms with E-state index in [0.717, 1.165) is 41.7 Å². The van der Waals surface area contributed by atoms with Gasteiger partial charge in [0, 0.05) is 11.4 Å². The van der Waals surface area contributed by atoms with E-state index in [1.54, 1.807) is 17.7 Å². The Bertz CT molecular complexity index is 505. The smallest absolute Gasteiger partial charge is 0.138 e. The van der Waals surface area contributed by atoms with Crippen molar-refractivity contribution in [2.24, 2.45) is 0 Å². The first kappa shape index (κ1) is 11.2. The Morgan fingerprint density at radius 1 is 1.24 bits per heavy atom. The number of hydrogen-bond donors (Lipinski definition) is 1. The third kappa shape index (κ3) is 2.38. The summed E-state index contributed by atoms with van der Waals surface area (Å²) in [5, 5.41) is 7.07. The predicted molar refractivity (Wildman–Crippen MR) is 72.9 cm³/mol. The summed E-state index contributed by atoms with van der Waals surface area (Å²) in [6, 6.07) is 2.58. The zero-order valence-corrected chi connectivity index (χ0v) is 11.0. The first-order valence-electron chi connectivity index (χ1n) is 5.92. The van der Waals surface area contributed by atoms with Gasteiger partial charge in [0.25, 0.3) is 0 Å². The molecule has 2 aromatic rings. The Hall–Kier alpha value is -0.870. The van der Waals surface area contributed by atoms with Crippen LogP contribution in [0.4, 0.5) is 5.82 Å². The minimum atomic E-state index is 0.361. The van der Waals surface area contributed by atoms with Gasteiger partial charge in [0.15, 0.2) is 0 Å². The number of thiophene rings is 1. The van der Waals surface area contributed by atoms with Crippen molar-refractivity contribution < 1.29 is 0 Å². The van der Waals surface area contributed by atoms with Gasteiger partial charge >= 0.3 is 0 Å². The maximum absolute atomic E-state index is 6.11. The van der Waals surface area contributed by atoms with Crippen molar-refractivity contribution in [3.05, 3.63) is 17.8 Å². The maximum Gasteiger partial charge on any atom is 0.138 e. The van der Waals surface area contributed by atoms with E-state index in [-0.39, 0.29) is 0 Å². The molecule has 0 aliphatic heterocycles. The lowest BCUT2D eigenvalue weighted by Gasteiger charge is -2.26. The van der Waals surface area contributed by atoms with Crippen LogP contribution in [0.5, 0.6) is 0 Å². The van der Waals surface area contributed by atoms with Crippen LogP contribution in [-0.2, 0) is 0 Å². The normalized spacial score (nSPS) is 25.0. The summed E-state index contributed by atoms with van der Waals surface area (Å²) in [6.07, 6.45) is 6.08. The molecule has 1 N–H and O–H groups in total. The van der Waals surface area contributed by atoms with Crippen LogP contribution in [0.1, 0.15) is 25.7 Å². The number of hydrogen-bond acceptors (Lipinski definition) is 4. The lowest BCUT2D eigenvalue weighted by molar-refractivity contribution is 0.468. The van der Waals surface area contributed by atoms with E-state index in [9.17, 15) is 0 Å². The third-order valence-corrected chi connectivity index (χ3v) is 4.52. The fourth-order valence-electron chi connectivity index (χ4n) is 2.30. The average Bonchev–Trinajstić information content (AvgIpc) is 2.81. The SMILES string of the molecule is ClC1CCC(Nc2ncnc3sccc23)CC1. The van der Waals surface area contributed by atoms with Crippen molar-refractivity contribution in [3.63, 3.8) is 0 Å². The van der Waals surface area contributed by atoms with Crippen LogP contribution in [0.3, 0.4) is 0 Å². The van der Waals surface area contributed by atoms with Crippen molar-refractivity contribution in [2.45, 2.75) is 37.1 Å². The number of aromatic nitrogens is 2. The van der Waals surface area contributed by atoms with Gasteiger partial charge in [0.05, 0.1) is 5.39 Å². The van der Waals surface area contributed by atoms with Crippen molar-refractivity contribution >= 4 is 39.0 Å². The molecule has 90 valence electrons. The Kier molecular flexibility index (Phi) is 3.16. The number of halogens is 1. The second kappa shape index (κ2) is 4.78. The number of fused-ring (bicyclic) bond motifs is 1. The van der Waals surface area contributed by atoms with Gasteiger partial charge in [-0.05, 0) is 37.1 Å². The summed E-state index contributed by atoms with van der Waals surface area (Å²) in [4.78, 5) is 9.65. The number of anilines is 1. The Morgan fingerprint density at radius 3 is 2.88 bits per heavy atom. The van der Waals surface area contributed by atoms with E-state index >= 15 is 0 Å². The standard InChI is InChI=1S/C12H14ClN3S/c13-8-1-3-9(4-2-8)16-11-10-5-6-17-12(10)15-7-14-11/h5-9H,1-4H2,(H,14,15,16). The van der Waals surface area contributed by atoms with Crippen molar-refractivity contribution in [2.75, 3.05) is 5.32 Å². The van der Waals surface area contributed by atoms with Gasteiger partial charge in [-0.25, -0.2) is 9.97 Å². The fraction of sp³-hybridized carbons (Fsp3) is 0.500. The van der Waals surface area contributed by atoms with Crippen LogP contribution in [0.15, 0.2) is 17.8 Å². The van der Waals surface area contributed by atoms with Gasteiger partial charge in [-0.15, -0.1) is 22.9 Å². The van der Waals surface area contributed by atoms with Gasteiger partial charge in [-0.3, -0.25) is 0 Å². The van der Waals surface area contributed by atoms with E-state index in [2.05, 4.69) is 26.7 Å². The monoisotopic (exact) mass is 267 g/mol. The number of nitrogens with one attached hydrogen (secondary N) is 1. The second-order valence-electron chi connectivity index (χ2n) is 4.45. The molecule has 3 nitrogen and oxygen atoms in total. The van der Waals surface area contributed by atoms with E-state index in [4.69, 9.17) is 11.6 Å². The van der Waals surface area contributed by atoms with E-state index < -0.39 is 0 Å². The summed E-state index contributed by atoms with van der Waals surface area (Å²) in [7, 11) is 0. The molecular formula is C12H14ClN3S. The second-order valence-corrected chi connectivity index (χ2v) is 5.97. The highest BCUT2D eigenvalue weighted by Gasteiger charge is 2.20. The lowest BCUT2D eigenvalue weighted by atomic mass is 9.95. The molecular weight excluding hydrogens is 254 g/mol. The minimum Gasteiger partial charge on any atom is -0.367 e. The summed E-state index contributed by atoms with van der Waals surface area (Å²) in [6.45, 7) is 0. The van der Waals surface area contributed by atoms with Crippen molar-refractivity contribution in [1.82, 2.24) is 9.97 Å². The van der Waals surface area contributed by atoms with Crippen LogP contribution in [0.2, 0.25) is 0 Å². The lowest BCUT2D eigenvalue weighted by Crippen LogP contribution is -2.26. The molecule has 0 bridgehead atoms. The van der Waals surface area contributed by atoms with Gasteiger partial charge < -0.3 is 5.32 Å². The summed E-state index contributed by atoms with van der Waals surface area (Å²) >= 11 is 7.76. The van der Waals surface area contributed by atoms with Crippen LogP contribution in [-0.4, -0.2) is 21.4 Å². The molecule has 0 atom stereocenters. The molecule has 0 amide bonds. The van der Waals surface area contributed by atoms with Crippen LogP contribution >= 0.6 is 22.9 Å². The van der Waals surface area contributed by atoms with Crippen LogP contribution < -0.4 is 5.32 Å². The number of alkyl halides is 1. The molecule has 0 saturated heterocycles. The average molecular weight is 268 g/mol. The molecule has 1 aliphatic rings. The molecule has 3 rings (SSSR count). The Morgan fingerprint density at radius 2 is 2.06 bits per heavy atom. The van der Waals surface area contributed by atoms with Crippen molar-refractivity contribution in [3.8, 4) is 0 Å². The first-order chi connectivity index (χ1) is 8.33. The summed E-state index contributed by atoms with van der Waals surface area (Å²) < 4.78 is 0. The van der Waals surface area contributed by atoms with E-state index in [1.807, 2.05) is 0 Å². The molecule has 1 saturated carbocycles. The minimum absolute atomic E-state index is 0.361. The Labute approximate surface area is 109 Å². The maximum atomic E-state index is 6.11. The Balaban J connectivity index is 1.78. The third-order valence-electron chi connectivity index (χ3n) is 3.26. The van der Waals surface area contributed by atoms with Crippen LogP contribution in [0.25, 0.3) is 10.2 Å². The molecule has 0 spiro atoms. The largest absolute Gasteiger partial charge is 0.367 e. The molecule has 2 heterocycles. The number of nitrogens with zero attached hydrogens (tertiary/aromatic N) is 2. The van der Waals surface area contributed by atoms with Crippen molar-refractivity contribution in [1.29, 1.82) is 0 Å². The summed E-state index contributed by atoms with van der Waals surface area (Å²) in [5.74, 6) is 0.967. The van der Waals surface area contributed by atoms with Gasteiger partial charge in [0.1, 0.15) is 17.0 Å². The zero-order chi connectivity index (χ0) is 11.7. The number of rotatable bonds is 2. The van der Waals surface area contributed by atoms with E-state index in [1.165, 1.54) is 0 Å².